The van der Waals surface area contributed by atoms with Crippen molar-refractivity contribution in [2.24, 2.45) is 0 Å². The minimum absolute atomic E-state index is 0.239. The molecule has 1 saturated heterocycles. The van der Waals surface area contributed by atoms with Gasteiger partial charge in [0.05, 0.1) is 32.6 Å². The highest BCUT2D eigenvalue weighted by Crippen LogP contribution is 2.18. The molecule has 128 valence electrons. The van der Waals surface area contributed by atoms with Crippen molar-refractivity contribution < 1.29 is 9.69 Å². The first kappa shape index (κ1) is 15.9. The minimum atomic E-state index is 0.239. The van der Waals surface area contributed by atoms with Gasteiger partial charge in [-0.3, -0.25) is 4.79 Å². The van der Waals surface area contributed by atoms with Crippen molar-refractivity contribution in [1.82, 2.24) is 9.88 Å². The SMILES string of the molecule is O=C(Cc1c[nH]c2ccccc12)N1CC[NH+](Cc2ccccc2)CC1. The predicted molar refractivity (Wildman–Crippen MR) is 99.4 cm³/mol. The van der Waals surface area contributed by atoms with Crippen LogP contribution in [0.2, 0.25) is 0 Å². The van der Waals surface area contributed by atoms with Crippen molar-refractivity contribution in [3.8, 4) is 0 Å². The molecule has 1 fully saturated rings. The van der Waals surface area contributed by atoms with E-state index in [0.29, 0.717) is 6.42 Å². The topological polar surface area (TPSA) is 40.5 Å². The molecule has 0 unspecified atom stereocenters. The zero-order valence-corrected chi connectivity index (χ0v) is 14.4. The summed E-state index contributed by atoms with van der Waals surface area (Å²) >= 11 is 0. The summed E-state index contributed by atoms with van der Waals surface area (Å²) < 4.78 is 0. The van der Waals surface area contributed by atoms with E-state index in [-0.39, 0.29) is 5.91 Å². The summed E-state index contributed by atoms with van der Waals surface area (Å²) in [6.45, 7) is 4.79. The lowest BCUT2D eigenvalue weighted by Gasteiger charge is -2.32. The molecule has 25 heavy (non-hydrogen) atoms. The molecule has 0 radical (unpaired) electrons. The van der Waals surface area contributed by atoms with Crippen LogP contribution in [0.15, 0.2) is 60.8 Å². The second-order valence-corrected chi connectivity index (χ2v) is 6.83. The number of piperazine rings is 1. The third-order valence-corrected chi connectivity index (χ3v) is 5.14. The van der Waals surface area contributed by atoms with E-state index in [4.69, 9.17) is 0 Å². The molecule has 1 aliphatic rings. The first-order valence-corrected chi connectivity index (χ1v) is 9.00. The Hall–Kier alpha value is -2.59. The van der Waals surface area contributed by atoms with E-state index in [2.05, 4.69) is 47.4 Å². The average Bonchev–Trinajstić information content (AvgIpc) is 3.06. The first-order valence-electron chi connectivity index (χ1n) is 9.00. The monoisotopic (exact) mass is 334 g/mol. The Labute approximate surface area is 148 Å². The van der Waals surface area contributed by atoms with Gasteiger partial charge in [0, 0.05) is 22.7 Å². The van der Waals surface area contributed by atoms with Gasteiger partial charge in [0.25, 0.3) is 0 Å². The van der Waals surface area contributed by atoms with Crippen molar-refractivity contribution in [3.05, 3.63) is 71.9 Å². The van der Waals surface area contributed by atoms with Crippen LogP contribution in [0.5, 0.6) is 0 Å². The van der Waals surface area contributed by atoms with Gasteiger partial charge in [-0.05, 0) is 11.6 Å². The third-order valence-electron chi connectivity index (χ3n) is 5.14. The number of nitrogens with one attached hydrogen (secondary N) is 2. The summed E-state index contributed by atoms with van der Waals surface area (Å²) in [5, 5.41) is 1.16. The molecule has 4 rings (SSSR count). The Morgan fingerprint density at radius 1 is 1.00 bits per heavy atom. The van der Waals surface area contributed by atoms with Crippen LogP contribution in [0, 0.1) is 0 Å². The Bertz CT molecular complexity index is 848. The molecule has 0 saturated carbocycles. The number of para-hydroxylation sites is 1. The number of hydrogen-bond donors (Lipinski definition) is 2. The van der Waals surface area contributed by atoms with Gasteiger partial charge in [0.1, 0.15) is 6.54 Å². The van der Waals surface area contributed by atoms with E-state index >= 15 is 0 Å². The molecule has 4 nitrogen and oxygen atoms in total. The van der Waals surface area contributed by atoms with Crippen molar-refractivity contribution in [2.45, 2.75) is 13.0 Å². The highest BCUT2D eigenvalue weighted by Gasteiger charge is 2.24. The van der Waals surface area contributed by atoms with Gasteiger partial charge in [-0.1, -0.05) is 48.5 Å². The number of aromatic nitrogens is 1. The number of rotatable bonds is 4. The Kier molecular flexibility index (Phi) is 4.53. The second-order valence-electron chi connectivity index (χ2n) is 6.83. The summed E-state index contributed by atoms with van der Waals surface area (Å²) in [6, 6.07) is 18.8. The summed E-state index contributed by atoms with van der Waals surface area (Å²) in [4.78, 5) is 19.5. The molecular weight excluding hydrogens is 310 g/mol. The lowest BCUT2D eigenvalue weighted by Crippen LogP contribution is -3.13. The van der Waals surface area contributed by atoms with Crippen molar-refractivity contribution in [2.75, 3.05) is 26.2 Å². The molecule has 1 amide bonds. The molecule has 3 aromatic rings. The number of aromatic amines is 1. The molecule has 2 aromatic carbocycles. The van der Waals surface area contributed by atoms with Gasteiger partial charge in [-0.15, -0.1) is 0 Å². The molecular formula is C21H24N3O+. The molecule has 2 N–H and O–H groups in total. The van der Waals surface area contributed by atoms with Gasteiger partial charge in [0.15, 0.2) is 0 Å². The third kappa shape index (κ3) is 3.59. The standard InChI is InChI=1S/C21H23N3O/c25-21(14-18-15-22-20-9-5-4-8-19(18)20)24-12-10-23(11-13-24)16-17-6-2-1-3-7-17/h1-9,15,22H,10-14,16H2/p+1. The quantitative estimate of drug-likeness (QED) is 0.748. The van der Waals surface area contributed by atoms with E-state index in [0.717, 1.165) is 49.2 Å². The number of fused-ring (bicyclic) bond motifs is 1. The number of carbonyl (C=O) groups is 1. The van der Waals surface area contributed by atoms with Crippen LogP contribution in [0.25, 0.3) is 10.9 Å². The lowest BCUT2D eigenvalue weighted by atomic mass is 10.1. The summed E-state index contributed by atoms with van der Waals surface area (Å²) in [5.74, 6) is 0.239. The fraction of sp³-hybridized carbons (Fsp3) is 0.286. The number of hydrogen-bond acceptors (Lipinski definition) is 1. The maximum Gasteiger partial charge on any atom is 0.227 e. The molecule has 4 heteroatoms. The second kappa shape index (κ2) is 7.11. The van der Waals surface area contributed by atoms with Crippen LogP contribution in [0.1, 0.15) is 11.1 Å². The highest BCUT2D eigenvalue weighted by atomic mass is 16.2. The normalized spacial score (nSPS) is 15.6. The summed E-state index contributed by atoms with van der Waals surface area (Å²) in [7, 11) is 0. The zero-order chi connectivity index (χ0) is 17.1. The minimum Gasteiger partial charge on any atom is -0.361 e. The maximum absolute atomic E-state index is 12.7. The Morgan fingerprint density at radius 3 is 2.52 bits per heavy atom. The van der Waals surface area contributed by atoms with E-state index in [1.54, 1.807) is 4.90 Å². The number of nitrogens with zero attached hydrogens (tertiary/aromatic N) is 1. The van der Waals surface area contributed by atoms with Gasteiger partial charge in [0.2, 0.25) is 5.91 Å². The van der Waals surface area contributed by atoms with Gasteiger partial charge in [-0.2, -0.15) is 0 Å². The van der Waals surface area contributed by atoms with Gasteiger partial charge < -0.3 is 14.8 Å². The maximum atomic E-state index is 12.7. The van der Waals surface area contributed by atoms with Crippen LogP contribution < -0.4 is 4.90 Å². The van der Waals surface area contributed by atoms with Crippen molar-refractivity contribution in [1.29, 1.82) is 0 Å². The number of quaternary nitrogens is 1. The van der Waals surface area contributed by atoms with E-state index in [9.17, 15) is 4.79 Å². The Balaban J connectivity index is 1.33. The van der Waals surface area contributed by atoms with Crippen LogP contribution in [-0.2, 0) is 17.8 Å². The Morgan fingerprint density at radius 2 is 1.72 bits per heavy atom. The van der Waals surface area contributed by atoms with Crippen molar-refractivity contribution >= 4 is 16.8 Å². The van der Waals surface area contributed by atoms with Gasteiger partial charge >= 0.3 is 0 Å². The van der Waals surface area contributed by atoms with Crippen LogP contribution >= 0.6 is 0 Å². The number of H-pyrrole nitrogens is 1. The molecule has 0 aliphatic carbocycles. The molecule has 0 bridgehead atoms. The molecule has 0 atom stereocenters. The van der Waals surface area contributed by atoms with E-state index < -0.39 is 0 Å². The first-order chi connectivity index (χ1) is 12.3. The van der Waals surface area contributed by atoms with E-state index in [1.165, 1.54) is 5.56 Å². The van der Waals surface area contributed by atoms with E-state index in [1.807, 2.05) is 23.2 Å². The summed E-state index contributed by atoms with van der Waals surface area (Å²) in [6.07, 6.45) is 2.46. The number of carbonyl (C=O) groups excluding carboxylic acids is 1. The molecule has 2 heterocycles. The van der Waals surface area contributed by atoms with Gasteiger partial charge in [-0.25, -0.2) is 0 Å². The largest absolute Gasteiger partial charge is 0.361 e. The highest BCUT2D eigenvalue weighted by molar-refractivity contribution is 5.88. The fourth-order valence-corrected chi connectivity index (χ4v) is 3.69. The molecule has 0 spiro atoms. The number of amides is 1. The lowest BCUT2D eigenvalue weighted by molar-refractivity contribution is -0.917. The smallest absolute Gasteiger partial charge is 0.227 e. The average molecular weight is 334 g/mol. The van der Waals surface area contributed by atoms with Crippen molar-refractivity contribution in [3.63, 3.8) is 0 Å². The van der Waals surface area contributed by atoms with Crippen LogP contribution in [-0.4, -0.2) is 42.0 Å². The summed E-state index contributed by atoms with van der Waals surface area (Å²) in [5.41, 5.74) is 3.57. The van der Waals surface area contributed by atoms with Crippen LogP contribution in [0.3, 0.4) is 0 Å². The fourth-order valence-electron chi connectivity index (χ4n) is 3.69. The molecule has 1 aromatic heterocycles. The number of benzene rings is 2. The predicted octanol–water partition coefficient (Wildman–Crippen LogP) is 1.64. The van der Waals surface area contributed by atoms with Crippen LogP contribution in [0.4, 0.5) is 0 Å². The zero-order valence-electron chi connectivity index (χ0n) is 14.4. The molecule has 1 aliphatic heterocycles.